The van der Waals surface area contributed by atoms with E-state index in [0.717, 1.165) is 12.8 Å². The zero-order valence-electron chi connectivity index (χ0n) is 6.59. The summed E-state index contributed by atoms with van der Waals surface area (Å²) in [5.74, 6) is 0. The van der Waals surface area contributed by atoms with Crippen LogP contribution in [0.3, 0.4) is 0 Å². The molecule has 0 aliphatic heterocycles. The van der Waals surface area contributed by atoms with Crippen LogP contribution in [-0.2, 0) is 19.5 Å². The molecule has 0 unspecified atom stereocenters. The Hall–Kier alpha value is -0.127. The molecule has 12 heavy (non-hydrogen) atoms. The summed E-state index contributed by atoms with van der Waals surface area (Å²) in [7, 11) is 0. The Kier molecular flexibility index (Phi) is 13.0. The Morgan fingerprint density at radius 3 is 1.33 bits per heavy atom. The van der Waals surface area contributed by atoms with Crippen LogP contribution in [0.2, 0.25) is 0 Å². The molecule has 0 nitrogen and oxygen atoms in total. The second-order valence-electron chi connectivity index (χ2n) is 2.01. The first kappa shape index (κ1) is 14.4. The summed E-state index contributed by atoms with van der Waals surface area (Å²) in [6.07, 6.45) is 20.0. The van der Waals surface area contributed by atoms with E-state index in [1.165, 1.54) is 0 Å². The summed E-state index contributed by atoms with van der Waals surface area (Å²) < 4.78 is 0. The largest absolute Gasteiger partial charge is 2.00 e. The van der Waals surface area contributed by atoms with Crippen molar-refractivity contribution in [3.05, 3.63) is 48.6 Å². The number of hydrogen-bond acceptors (Lipinski definition) is 0. The monoisotopic (exact) mass is 268 g/mol. The summed E-state index contributed by atoms with van der Waals surface area (Å²) in [5, 5.41) is 0. The molecule has 0 heterocycles. The topological polar surface area (TPSA) is 0 Å². The molecule has 1 radical (unpaired) electrons. The number of hydrogen-bond donors (Lipinski definition) is 0. The van der Waals surface area contributed by atoms with Crippen molar-refractivity contribution in [3.8, 4) is 0 Å². The molecule has 0 bridgehead atoms. The predicted octanol–water partition coefficient (Wildman–Crippen LogP) is -0.387. The van der Waals surface area contributed by atoms with E-state index >= 15 is 0 Å². The van der Waals surface area contributed by atoms with Gasteiger partial charge in [-0.2, -0.15) is 12.2 Å². The third kappa shape index (κ3) is 7.97. The van der Waals surface area contributed by atoms with Crippen LogP contribution < -0.4 is 12.4 Å². The van der Waals surface area contributed by atoms with E-state index in [-0.39, 0.29) is 31.9 Å². The molecular weight excluding hydrogens is 258 g/mol. The van der Waals surface area contributed by atoms with Crippen LogP contribution in [0.5, 0.6) is 0 Å². The van der Waals surface area contributed by atoms with E-state index in [1.54, 1.807) is 0 Å². The average Bonchev–Trinajstić information content (AvgIpc) is 2.67. The fraction of sp³-hybridized carbons (Fsp3) is 0.200. The van der Waals surface area contributed by atoms with E-state index < -0.39 is 0 Å². The van der Waals surface area contributed by atoms with Crippen LogP contribution in [0.4, 0.5) is 0 Å². The molecule has 0 atom stereocenters. The van der Waals surface area contributed by atoms with Crippen molar-refractivity contribution in [1.29, 1.82) is 0 Å². The summed E-state index contributed by atoms with van der Waals surface area (Å²) in [5.41, 5.74) is 0. The molecule has 2 aliphatic carbocycles. The smallest absolute Gasteiger partial charge is 1.00 e. The van der Waals surface area contributed by atoms with Crippen molar-refractivity contribution in [2.75, 3.05) is 0 Å². The van der Waals surface area contributed by atoms with Gasteiger partial charge in [-0.3, -0.25) is 12.2 Å². The van der Waals surface area contributed by atoms with Gasteiger partial charge in [-0.1, -0.05) is 0 Å². The van der Waals surface area contributed by atoms with Gasteiger partial charge in [0.05, 0.1) is 0 Å². The van der Waals surface area contributed by atoms with Gasteiger partial charge in [0.25, 0.3) is 0 Å². The van der Waals surface area contributed by atoms with Crippen molar-refractivity contribution < 1.29 is 31.9 Å². The van der Waals surface area contributed by atoms with Crippen molar-refractivity contribution in [2.24, 2.45) is 0 Å². The summed E-state index contributed by atoms with van der Waals surface area (Å²) in [6.45, 7) is 0. The fourth-order valence-corrected chi connectivity index (χ4v) is 0.680. The Morgan fingerprint density at radius 2 is 1.25 bits per heavy atom. The predicted molar refractivity (Wildman–Crippen MR) is 43.1 cm³/mol. The Bertz CT molecular complexity index is 148. The minimum atomic E-state index is 0. The van der Waals surface area contributed by atoms with Gasteiger partial charge < -0.3 is 12.4 Å². The van der Waals surface area contributed by atoms with Crippen LogP contribution in [0.15, 0.2) is 36.5 Å². The second-order valence-corrected chi connectivity index (χ2v) is 2.01. The summed E-state index contributed by atoms with van der Waals surface area (Å²) in [6, 6.07) is 0. The Labute approximate surface area is 93.3 Å². The molecule has 67 valence electrons. The maximum atomic E-state index is 2.99. The van der Waals surface area contributed by atoms with Crippen molar-refractivity contribution in [3.63, 3.8) is 0 Å². The molecule has 2 aliphatic rings. The Balaban J connectivity index is 0. The van der Waals surface area contributed by atoms with Gasteiger partial charge in [0.15, 0.2) is 0 Å². The zero-order valence-corrected chi connectivity index (χ0v) is 8.98. The molecule has 0 aromatic carbocycles. The first-order valence-electron chi connectivity index (χ1n) is 3.43. The van der Waals surface area contributed by atoms with Gasteiger partial charge in [0, 0.05) is 0 Å². The molecule has 0 spiro atoms. The molecule has 0 aromatic rings. The summed E-state index contributed by atoms with van der Waals surface area (Å²) in [4.78, 5) is 0. The van der Waals surface area contributed by atoms with Crippen LogP contribution >= 0.6 is 0 Å². The second kappa shape index (κ2) is 10.9. The first-order chi connectivity index (χ1) is 5.00. The maximum Gasteiger partial charge on any atom is 2.00 e. The minimum Gasteiger partial charge on any atom is -1.00 e. The normalized spacial score (nSPS) is 14.7. The van der Waals surface area contributed by atoms with E-state index in [0.29, 0.717) is 0 Å². The zero-order chi connectivity index (χ0) is 7.07. The molecule has 0 N–H and O–H groups in total. The van der Waals surface area contributed by atoms with E-state index in [2.05, 4.69) is 24.3 Å². The molecule has 2 rings (SSSR count). The molecular formula is C10H10ClRh-. The van der Waals surface area contributed by atoms with Crippen molar-refractivity contribution in [2.45, 2.75) is 12.8 Å². The van der Waals surface area contributed by atoms with Crippen molar-refractivity contribution in [1.82, 2.24) is 0 Å². The maximum absolute atomic E-state index is 2.99. The average molecular weight is 269 g/mol. The van der Waals surface area contributed by atoms with Gasteiger partial charge >= 0.3 is 19.5 Å². The third-order valence-electron chi connectivity index (χ3n) is 1.17. The SMILES string of the molecule is [C-]1=CC=CC1.[C-]1=CC=CC1.[Cl-].[Rh+2]. The van der Waals surface area contributed by atoms with Gasteiger partial charge in [-0.05, 0) is 0 Å². The van der Waals surface area contributed by atoms with Crippen LogP contribution in [0.1, 0.15) is 12.8 Å². The number of halogens is 1. The van der Waals surface area contributed by atoms with Gasteiger partial charge in [-0.25, -0.2) is 24.3 Å². The first-order valence-corrected chi connectivity index (χ1v) is 3.43. The standard InChI is InChI=1S/2C5H5.ClH.Rh/c2*1-2-4-5-3-1;;/h2*1-3H,4H2;1H;/q2*-1;;+2/p-1. The number of rotatable bonds is 0. The van der Waals surface area contributed by atoms with E-state index in [4.69, 9.17) is 0 Å². The van der Waals surface area contributed by atoms with Gasteiger partial charge in [-0.15, -0.1) is 12.8 Å². The van der Waals surface area contributed by atoms with E-state index in [9.17, 15) is 0 Å². The number of allylic oxidation sites excluding steroid dienone is 8. The molecule has 0 aromatic heterocycles. The van der Waals surface area contributed by atoms with Gasteiger partial charge in [0.1, 0.15) is 0 Å². The molecule has 0 fully saturated rings. The quantitative estimate of drug-likeness (QED) is 0.415. The summed E-state index contributed by atoms with van der Waals surface area (Å²) >= 11 is 0. The molecule has 2 heteroatoms. The van der Waals surface area contributed by atoms with Crippen LogP contribution in [0, 0.1) is 12.2 Å². The molecule has 0 saturated heterocycles. The van der Waals surface area contributed by atoms with E-state index in [1.807, 2.05) is 24.3 Å². The third-order valence-corrected chi connectivity index (χ3v) is 1.17. The fourth-order valence-electron chi connectivity index (χ4n) is 0.680. The minimum absolute atomic E-state index is 0. The molecule has 0 amide bonds. The van der Waals surface area contributed by atoms with Gasteiger partial charge in [0.2, 0.25) is 0 Å². The van der Waals surface area contributed by atoms with Crippen molar-refractivity contribution >= 4 is 0 Å². The Morgan fingerprint density at radius 1 is 0.833 bits per heavy atom. The van der Waals surface area contributed by atoms with Crippen LogP contribution in [-0.4, -0.2) is 0 Å². The molecule has 0 saturated carbocycles. The van der Waals surface area contributed by atoms with Crippen LogP contribution in [0.25, 0.3) is 0 Å².